The molecule has 1 unspecified atom stereocenters. The van der Waals surface area contributed by atoms with Crippen LogP contribution in [0.1, 0.15) is 24.3 Å². The predicted molar refractivity (Wildman–Crippen MR) is 155 cm³/mol. The minimum absolute atomic E-state index is 0.0201. The Labute approximate surface area is 242 Å². The molecule has 0 aromatic heterocycles. The number of nitrogens with one attached hydrogen (secondary N) is 3. The molecule has 2 amide bonds. The van der Waals surface area contributed by atoms with Gasteiger partial charge in [0, 0.05) is 28.2 Å². The molecule has 0 bridgehead atoms. The number of hydrogen-bond acceptors (Lipinski definition) is 4. The second kappa shape index (κ2) is 15.1. The molecule has 0 heterocycles. The van der Waals surface area contributed by atoms with Crippen molar-refractivity contribution in [2.24, 2.45) is 0 Å². The van der Waals surface area contributed by atoms with Crippen LogP contribution in [0.4, 0.5) is 23.7 Å². The van der Waals surface area contributed by atoms with Crippen molar-refractivity contribution in [2.75, 3.05) is 45.6 Å². The summed E-state index contributed by atoms with van der Waals surface area (Å²) in [6, 6.07) is 18.0. The molecule has 0 aliphatic carbocycles. The Bertz CT molecular complexity index is 1200. The zero-order valence-corrected chi connectivity index (χ0v) is 23.8. The molecule has 40 heavy (non-hydrogen) atoms. The number of benzene rings is 3. The van der Waals surface area contributed by atoms with Crippen molar-refractivity contribution in [3.8, 4) is 16.9 Å². The number of urea groups is 1. The Morgan fingerprint density at radius 3 is 2.10 bits per heavy atom. The first-order valence-electron chi connectivity index (χ1n) is 12.8. The average molecular weight is 598 g/mol. The van der Waals surface area contributed by atoms with Gasteiger partial charge in [0.25, 0.3) is 0 Å². The maximum Gasteiger partial charge on any atom is 0.573 e. The Morgan fingerprint density at radius 1 is 0.925 bits per heavy atom. The van der Waals surface area contributed by atoms with E-state index in [1.54, 1.807) is 30.3 Å². The molecule has 0 aliphatic heterocycles. The summed E-state index contributed by atoms with van der Waals surface area (Å²) >= 11 is 12.0. The number of alkyl halides is 3. The Kier molecular flexibility index (Phi) is 11.9. The minimum Gasteiger partial charge on any atom is -0.406 e. The smallest absolute Gasteiger partial charge is 0.406 e. The van der Waals surface area contributed by atoms with Crippen LogP contribution in [0.2, 0.25) is 10.0 Å². The molecular formula is C29H33Cl2F3N4O2. The van der Waals surface area contributed by atoms with Crippen LogP contribution in [0, 0.1) is 0 Å². The zero-order chi connectivity index (χ0) is 29.1. The van der Waals surface area contributed by atoms with Gasteiger partial charge in [-0.1, -0.05) is 59.6 Å². The summed E-state index contributed by atoms with van der Waals surface area (Å²) in [5, 5.41) is 9.99. The fourth-order valence-corrected chi connectivity index (χ4v) is 4.65. The first kappa shape index (κ1) is 31.5. The topological polar surface area (TPSA) is 65.6 Å². The third-order valence-corrected chi connectivity index (χ3v) is 6.50. The largest absolute Gasteiger partial charge is 0.573 e. The van der Waals surface area contributed by atoms with E-state index in [-0.39, 0.29) is 17.7 Å². The van der Waals surface area contributed by atoms with Crippen LogP contribution in [0.5, 0.6) is 5.75 Å². The van der Waals surface area contributed by atoms with Crippen LogP contribution in [-0.2, 0) is 0 Å². The van der Waals surface area contributed by atoms with Gasteiger partial charge in [-0.15, -0.1) is 13.2 Å². The summed E-state index contributed by atoms with van der Waals surface area (Å²) in [5.74, 6) is -0.248. The molecule has 6 nitrogen and oxygen atoms in total. The van der Waals surface area contributed by atoms with E-state index in [0.717, 1.165) is 49.2 Å². The first-order chi connectivity index (χ1) is 19.0. The fourth-order valence-electron chi connectivity index (χ4n) is 4.12. The average Bonchev–Trinajstić information content (AvgIpc) is 2.87. The molecule has 0 saturated carbocycles. The Morgan fingerprint density at radius 2 is 1.52 bits per heavy atom. The lowest BCUT2D eigenvalue weighted by Crippen LogP contribution is -2.33. The van der Waals surface area contributed by atoms with E-state index in [1.807, 2.05) is 38.4 Å². The van der Waals surface area contributed by atoms with E-state index in [0.29, 0.717) is 22.3 Å². The molecule has 0 aliphatic rings. The molecule has 0 fully saturated rings. The van der Waals surface area contributed by atoms with Gasteiger partial charge >= 0.3 is 12.4 Å². The summed E-state index contributed by atoms with van der Waals surface area (Å²) in [7, 11) is 4.08. The van der Waals surface area contributed by atoms with Crippen molar-refractivity contribution < 1.29 is 22.7 Å². The van der Waals surface area contributed by atoms with Crippen molar-refractivity contribution in [3.05, 3.63) is 82.3 Å². The molecule has 1 atom stereocenters. The van der Waals surface area contributed by atoms with Gasteiger partial charge in [0.1, 0.15) is 5.75 Å². The van der Waals surface area contributed by atoms with Gasteiger partial charge in [0.15, 0.2) is 0 Å². The van der Waals surface area contributed by atoms with E-state index >= 15 is 0 Å². The highest BCUT2D eigenvalue weighted by atomic mass is 35.5. The van der Waals surface area contributed by atoms with Gasteiger partial charge < -0.3 is 25.6 Å². The molecule has 0 spiro atoms. The van der Waals surface area contributed by atoms with Crippen LogP contribution >= 0.6 is 23.2 Å². The highest BCUT2D eigenvalue weighted by Crippen LogP contribution is 2.28. The molecule has 3 N–H and O–H groups in total. The second-order valence-electron chi connectivity index (χ2n) is 9.58. The summed E-state index contributed by atoms with van der Waals surface area (Å²) in [6.07, 6.45) is -2.92. The number of rotatable bonds is 13. The molecule has 3 aromatic carbocycles. The normalized spacial score (nSPS) is 12.3. The lowest BCUT2D eigenvalue weighted by atomic mass is 9.93. The SMILES string of the molecule is CN(C)CCCNCCC(CNC(=O)Nc1cc(Cl)cc(Cl)c1)c1ccc(-c2ccc(OC(F)(F)F)cc2)cc1. The van der Waals surface area contributed by atoms with Crippen molar-refractivity contribution in [2.45, 2.75) is 25.1 Å². The molecule has 3 aromatic rings. The number of carbonyl (C=O) groups is 1. The van der Waals surface area contributed by atoms with Crippen LogP contribution in [-0.4, -0.2) is 57.6 Å². The molecule has 216 valence electrons. The number of hydrogen-bond donors (Lipinski definition) is 3. The molecule has 11 heteroatoms. The van der Waals surface area contributed by atoms with Gasteiger partial charge in [0.2, 0.25) is 0 Å². The number of carbonyl (C=O) groups excluding carboxylic acids is 1. The van der Waals surface area contributed by atoms with Crippen molar-refractivity contribution in [1.82, 2.24) is 15.5 Å². The molecule has 0 radical (unpaired) electrons. The second-order valence-corrected chi connectivity index (χ2v) is 10.5. The molecule has 3 rings (SSSR count). The van der Waals surface area contributed by atoms with Gasteiger partial charge in [-0.05, 0) is 93.6 Å². The van der Waals surface area contributed by atoms with Gasteiger partial charge in [-0.3, -0.25) is 0 Å². The number of amides is 2. The Hall–Kier alpha value is -2.98. The number of anilines is 1. The summed E-state index contributed by atoms with van der Waals surface area (Å²) < 4.78 is 41.3. The van der Waals surface area contributed by atoms with Gasteiger partial charge in [-0.2, -0.15) is 0 Å². The number of halogens is 5. The van der Waals surface area contributed by atoms with E-state index < -0.39 is 6.36 Å². The maximum absolute atomic E-state index is 12.6. The number of ether oxygens (including phenoxy) is 1. The lowest BCUT2D eigenvalue weighted by Gasteiger charge is -2.20. The first-order valence-corrected chi connectivity index (χ1v) is 13.6. The minimum atomic E-state index is -4.73. The van der Waals surface area contributed by atoms with Crippen LogP contribution in [0.3, 0.4) is 0 Å². The van der Waals surface area contributed by atoms with E-state index in [2.05, 4.69) is 25.6 Å². The highest BCUT2D eigenvalue weighted by molar-refractivity contribution is 6.35. The third-order valence-electron chi connectivity index (χ3n) is 6.06. The third kappa shape index (κ3) is 11.3. The maximum atomic E-state index is 12.6. The number of nitrogens with zero attached hydrogens (tertiary/aromatic N) is 1. The van der Waals surface area contributed by atoms with Crippen LogP contribution in [0.15, 0.2) is 66.7 Å². The van der Waals surface area contributed by atoms with Crippen LogP contribution in [0.25, 0.3) is 11.1 Å². The molecule has 0 saturated heterocycles. The van der Waals surface area contributed by atoms with E-state index in [4.69, 9.17) is 23.2 Å². The van der Waals surface area contributed by atoms with Crippen molar-refractivity contribution in [3.63, 3.8) is 0 Å². The quantitative estimate of drug-likeness (QED) is 0.180. The standard InChI is InChI=1S/C29H33Cl2F3N4O2/c1-38(2)15-3-13-35-14-12-23(19-36-28(39)37-26-17-24(30)16-25(31)18-26)22-6-4-20(5-7-22)21-8-10-27(11-9-21)40-29(32,33)34/h4-11,16-18,23,35H,3,12-15,19H2,1-2H3,(H2,36,37,39). The van der Waals surface area contributed by atoms with Gasteiger partial charge in [0.05, 0.1) is 0 Å². The highest BCUT2D eigenvalue weighted by Gasteiger charge is 2.31. The van der Waals surface area contributed by atoms with Gasteiger partial charge in [-0.25, -0.2) is 4.79 Å². The summed E-state index contributed by atoms with van der Waals surface area (Å²) in [6.45, 7) is 3.05. The summed E-state index contributed by atoms with van der Waals surface area (Å²) in [4.78, 5) is 14.7. The lowest BCUT2D eigenvalue weighted by molar-refractivity contribution is -0.274. The van der Waals surface area contributed by atoms with Crippen molar-refractivity contribution in [1.29, 1.82) is 0 Å². The van der Waals surface area contributed by atoms with E-state index in [1.165, 1.54) is 12.1 Å². The fraction of sp³-hybridized carbons (Fsp3) is 0.345. The zero-order valence-electron chi connectivity index (χ0n) is 22.3. The van der Waals surface area contributed by atoms with Crippen LogP contribution < -0.4 is 20.7 Å². The molecular weight excluding hydrogens is 564 g/mol. The monoisotopic (exact) mass is 596 g/mol. The van der Waals surface area contributed by atoms with Crippen molar-refractivity contribution >= 4 is 34.9 Å². The summed E-state index contributed by atoms with van der Waals surface area (Å²) in [5.41, 5.74) is 3.14. The predicted octanol–water partition coefficient (Wildman–Crippen LogP) is 7.40. The van der Waals surface area contributed by atoms with E-state index in [9.17, 15) is 18.0 Å². The Balaban J connectivity index is 1.64.